The van der Waals surface area contributed by atoms with Gasteiger partial charge < -0.3 is 14.8 Å². The summed E-state index contributed by atoms with van der Waals surface area (Å²) in [5.41, 5.74) is 1.90. The molecule has 0 aromatic heterocycles. The van der Waals surface area contributed by atoms with Crippen molar-refractivity contribution in [2.24, 2.45) is 0 Å². The lowest BCUT2D eigenvalue weighted by atomic mass is 10.1. The van der Waals surface area contributed by atoms with Gasteiger partial charge in [-0.15, -0.1) is 11.8 Å². The second kappa shape index (κ2) is 6.75. The summed E-state index contributed by atoms with van der Waals surface area (Å²) in [6.07, 6.45) is 3.12. The minimum atomic E-state index is 0.0101. The molecule has 0 bridgehead atoms. The van der Waals surface area contributed by atoms with Gasteiger partial charge in [0.05, 0.1) is 0 Å². The number of amides is 1. The molecule has 0 aliphatic carbocycles. The molecule has 0 saturated carbocycles. The van der Waals surface area contributed by atoms with E-state index in [4.69, 9.17) is 9.47 Å². The van der Waals surface area contributed by atoms with Crippen LogP contribution in [0.5, 0.6) is 11.5 Å². The van der Waals surface area contributed by atoms with Gasteiger partial charge in [-0.05, 0) is 48.6 Å². The van der Waals surface area contributed by atoms with Crippen LogP contribution in [0.4, 0.5) is 5.69 Å². The molecule has 22 heavy (non-hydrogen) atoms. The average Bonchev–Trinajstić information content (AvgIpc) is 3.00. The van der Waals surface area contributed by atoms with E-state index in [0.29, 0.717) is 12.8 Å². The van der Waals surface area contributed by atoms with E-state index in [1.165, 1.54) is 0 Å². The smallest absolute Gasteiger partial charge is 0.231 e. The summed E-state index contributed by atoms with van der Waals surface area (Å²) in [6, 6.07) is 13.6. The number of rotatable bonds is 5. The fourth-order valence-corrected chi connectivity index (χ4v) is 2.74. The van der Waals surface area contributed by atoms with E-state index in [-0.39, 0.29) is 12.7 Å². The number of fused-ring (bicyclic) bond motifs is 1. The SMILES string of the molecule is CSc1cccc(NC(=O)CCc2ccc3c(c2)OCO3)c1. The van der Waals surface area contributed by atoms with Gasteiger partial charge in [0.15, 0.2) is 11.5 Å². The van der Waals surface area contributed by atoms with Gasteiger partial charge in [0.1, 0.15) is 0 Å². The number of carbonyl (C=O) groups excluding carboxylic acids is 1. The maximum Gasteiger partial charge on any atom is 0.231 e. The Morgan fingerprint density at radius 1 is 1.18 bits per heavy atom. The fraction of sp³-hybridized carbons (Fsp3) is 0.235. The summed E-state index contributed by atoms with van der Waals surface area (Å²) in [7, 11) is 0. The average molecular weight is 315 g/mol. The van der Waals surface area contributed by atoms with Gasteiger partial charge in [0, 0.05) is 17.0 Å². The topological polar surface area (TPSA) is 47.6 Å². The van der Waals surface area contributed by atoms with Crippen molar-refractivity contribution < 1.29 is 14.3 Å². The second-order valence-electron chi connectivity index (χ2n) is 4.97. The first kappa shape index (κ1) is 14.8. The van der Waals surface area contributed by atoms with Crippen molar-refractivity contribution in [3.05, 3.63) is 48.0 Å². The molecule has 1 aliphatic rings. The van der Waals surface area contributed by atoms with Crippen LogP contribution in [0.1, 0.15) is 12.0 Å². The number of hydrogen-bond acceptors (Lipinski definition) is 4. The van der Waals surface area contributed by atoms with Gasteiger partial charge in [0.25, 0.3) is 0 Å². The Balaban J connectivity index is 1.56. The highest BCUT2D eigenvalue weighted by atomic mass is 32.2. The summed E-state index contributed by atoms with van der Waals surface area (Å²) < 4.78 is 10.6. The maximum absolute atomic E-state index is 12.0. The van der Waals surface area contributed by atoms with Crippen LogP contribution in [0, 0.1) is 0 Å². The van der Waals surface area contributed by atoms with Gasteiger partial charge in [-0.2, -0.15) is 0 Å². The zero-order valence-electron chi connectivity index (χ0n) is 12.3. The molecule has 5 heteroatoms. The molecule has 2 aromatic rings. The highest BCUT2D eigenvalue weighted by molar-refractivity contribution is 7.98. The van der Waals surface area contributed by atoms with Crippen LogP contribution in [0.2, 0.25) is 0 Å². The molecule has 3 rings (SSSR count). The van der Waals surface area contributed by atoms with E-state index < -0.39 is 0 Å². The van der Waals surface area contributed by atoms with Gasteiger partial charge in [-0.3, -0.25) is 4.79 Å². The predicted octanol–water partition coefficient (Wildman–Crippen LogP) is 3.71. The zero-order chi connectivity index (χ0) is 15.4. The van der Waals surface area contributed by atoms with Crippen LogP contribution in [-0.2, 0) is 11.2 Å². The van der Waals surface area contributed by atoms with Gasteiger partial charge in [-0.1, -0.05) is 12.1 Å². The highest BCUT2D eigenvalue weighted by Crippen LogP contribution is 2.32. The van der Waals surface area contributed by atoms with Crippen molar-refractivity contribution in [1.82, 2.24) is 0 Å². The number of hydrogen-bond donors (Lipinski definition) is 1. The molecule has 0 atom stereocenters. The lowest BCUT2D eigenvalue weighted by molar-refractivity contribution is -0.116. The van der Waals surface area contributed by atoms with Gasteiger partial charge in [-0.25, -0.2) is 0 Å². The van der Waals surface area contributed by atoms with Crippen LogP contribution in [-0.4, -0.2) is 19.0 Å². The zero-order valence-corrected chi connectivity index (χ0v) is 13.1. The van der Waals surface area contributed by atoms with E-state index in [0.717, 1.165) is 27.6 Å². The lowest BCUT2D eigenvalue weighted by Crippen LogP contribution is -2.12. The molecule has 0 spiro atoms. The number of thioether (sulfide) groups is 1. The van der Waals surface area contributed by atoms with E-state index in [1.54, 1.807) is 11.8 Å². The molecule has 2 aromatic carbocycles. The first-order chi connectivity index (χ1) is 10.7. The molecular formula is C17H17NO3S. The molecule has 0 fully saturated rings. The monoisotopic (exact) mass is 315 g/mol. The number of anilines is 1. The van der Waals surface area contributed by atoms with Gasteiger partial charge >= 0.3 is 0 Å². The highest BCUT2D eigenvalue weighted by Gasteiger charge is 2.13. The molecule has 1 aliphatic heterocycles. The summed E-state index contributed by atoms with van der Waals surface area (Å²) in [5.74, 6) is 1.53. The number of nitrogens with one attached hydrogen (secondary N) is 1. The summed E-state index contributed by atoms with van der Waals surface area (Å²) in [4.78, 5) is 13.2. The first-order valence-corrected chi connectivity index (χ1v) is 8.29. The molecule has 0 saturated heterocycles. The summed E-state index contributed by atoms with van der Waals surface area (Å²) in [6.45, 7) is 0.269. The van der Waals surface area contributed by atoms with Crippen molar-refractivity contribution in [2.75, 3.05) is 18.4 Å². The van der Waals surface area contributed by atoms with Crippen LogP contribution in [0.15, 0.2) is 47.4 Å². The van der Waals surface area contributed by atoms with Crippen LogP contribution in [0.25, 0.3) is 0 Å². The summed E-state index contributed by atoms with van der Waals surface area (Å²) >= 11 is 1.65. The van der Waals surface area contributed by atoms with E-state index >= 15 is 0 Å². The molecule has 114 valence electrons. The first-order valence-electron chi connectivity index (χ1n) is 7.07. The van der Waals surface area contributed by atoms with Gasteiger partial charge in [0.2, 0.25) is 12.7 Å². The Bertz CT molecular complexity index is 687. The molecule has 0 unspecified atom stereocenters. The Morgan fingerprint density at radius 2 is 2.05 bits per heavy atom. The Morgan fingerprint density at radius 3 is 2.91 bits per heavy atom. The number of benzene rings is 2. The largest absolute Gasteiger partial charge is 0.454 e. The number of aryl methyl sites for hydroxylation is 1. The molecular weight excluding hydrogens is 298 g/mol. The second-order valence-corrected chi connectivity index (χ2v) is 5.85. The maximum atomic E-state index is 12.0. The lowest BCUT2D eigenvalue weighted by Gasteiger charge is -2.07. The minimum Gasteiger partial charge on any atom is -0.454 e. The summed E-state index contributed by atoms with van der Waals surface area (Å²) in [5, 5.41) is 2.93. The van der Waals surface area contributed by atoms with Crippen molar-refractivity contribution >= 4 is 23.4 Å². The number of carbonyl (C=O) groups is 1. The molecule has 4 nitrogen and oxygen atoms in total. The van der Waals surface area contributed by atoms with E-state index in [9.17, 15) is 4.79 Å². The fourth-order valence-electron chi connectivity index (χ4n) is 2.28. The van der Waals surface area contributed by atoms with Crippen molar-refractivity contribution in [3.63, 3.8) is 0 Å². The molecule has 1 heterocycles. The Hall–Kier alpha value is -2.14. The predicted molar refractivity (Wildman–Crippen MR) is 87.7 cm³/mol. The van der Waals surface area contributed by atoms with E-state index in [2.05, 4.69) is 5.32 Å². The van der Waals surface area contributed by atoms with Crippen molar-refractivity contribution in [2.45, 2.75) is 17.7 Å². The normalized spacial score (nSPS) is 12.2. The minimum absolute atomic E-state index is 0.0101. The molecule has 1 N–H and O–H groups in total. The third-order valence-corrected chi connectivity index (χ3v) is 4.16. The quantitative estimate of drug-likeness (QED) is 0.855. The molecule has 0 radical (unpaired) electrons. The van der Waals surface area contributed by atoms with E-state index in [1.807, 2.05) is 48.7 Å². The molecule has 1 amide bonds. The number of ether oxygens (including phenoxy) is 2. The van der Waals surface area contributed by atoms with Crippen molar-refractivity contribution in [1.29, 1.82) is 0 Å². The van der Waals surface area contributed by atoms with Crippen LogP contribution >= 0.6 is 11.8 Å². The van der Waals surface area contributed by atoms with Crippen molar-refractivity contribution in [3.8, 4) is 11.5 Å². The standard InChI is InChI=1S/C17H17NO3S/c1-22-14-4-2-3-13(10-14)18-17(19)8-6-12-5-7-15-16(9-12)21-11-20-15/h2-5,7,9-10H,6,8,11H2,1H3,(H,18,19). The third kappa shape index (κ3) is 3.54. The third-order valence-electron chi connectivity index (χ3n) is 3.43. The van der Waals surface area contributed by atoms with Crippen LogP contribution in [0.3, 0.4) is 0 Å². The van der Waals surface area contributed by atoms with Crippen LogP contribution < -0.4 is 14.8 Å². The Labute approximate surface area is 133 Å². The Kier molecular flexibility index (Phi) is 4.53.